The number of ether oxygens (including phenoxy) is 1. The van der Waals surface area contributed by atoms with E-state index in [0.717, 1.165) is 12.8 Å². The third-order valence-electron chi connectivity index (χ3n) is 2.30. The molecular formula is C9H16BrNO3. The fourth-order valence-electron chi connectivity index (χ4n) is 1.22. The molecule has 0 aromatic heterocycles. The number of aliphatic hydroxyl groups is 1. The van der Waals surface area contributed by atoms with Crippen LogP contribution in [0.25, 0.3) is 0 Å². The standard InChI is InChI=1S/C9H16BrNO3/c1-14-9(13)7(10)4-11-5-8(12)6-2-3-6/h6-8,11-12H,2-5H2,1H3. The minimum Gasteiger partial charge on any atom is -0.468 e. The molecule has 2 unspecified atom stereocenters. The van der Waals surface area contributed by atoms with Crippen LogP contribution in [-0.2, 0) is 9.53 Å². The summed E-state index contributed by atoms with van der Waals surface area (Å²) >= 11 is 3.19. The summed E-state index contributed by atoms with van der Waals surface area (Å²) < 4.78 is 4.54. The lowest BCUT2D eigenvalue weighted by atomic mass is 10.2. The first-order valence-electron chi connectivity index (χ1n) is 4.76. The van der Waals surface area contributed by atoms with Gasteiger partial charge in [0, 0.05) is 13.1 Å². The Bertz CT molecular complexity index is 196. The van der Waals surface area contributed by atoms with Crippen molar-refractivity contribution in [3.05, 3.63) is 0 Å². The number of carbonyl (C=O) groups is 1. The summed E-state index contributed by atoms with van der Waals surface area (Å²) in [5.41, 5.74) is 0. The average molecular weight is 266 g/mol. The van der Waals surface area contributed by atoms with Crippen molar-refractivity contribution >= 4 is 21.9 Å². The van der Waals surface area contributed by atoms with E-state index in [1.807, 2.05) is 0 Å². The molecule has 0 aliphatic heterocycles. The maximum absolute atomic E-state index is 11.0. The molecule has 0 aromatic rings. The molecule has 1 fully saturated rings. The fraction of sp³-hybridized carbons (Fsp3) is 0.889. The van der Waals surface area contributed by atoms with E-state index >= 15 is 0 Å². The molecule has 14 heavy (non-hydrogen) atoms. The zero-order valence-electron chi connectivity index (χ0n) is 8.20. The highest BCUT2D eigenvalue weighted by Crippen LogP contribution is 2.32. The molecule has 0 saturated heterocycles. The normalized spacial score (nSPS) is 20.2. The Kier molecular flexibility index (Phi) is 4.84. The zero-order valence-corrected chi connectivity index (χ0v) is 9.79. The van der Waals surface area contributed by atoms with Crippen LogP contribution in [0.15, 0.2) is 0 Å². The molecular weight excluding hydrogens is 250 g/mol. The number of hydrogen-bond acceptors (Lipinski definition) is 4. The van der Waals surface area contributed by atoms with Crippen molar-refractivity contribution in [1.29, 1.82) is 0 Å². The quantitative estimate of drug-likeness (QED) is 0.535. The summed E-state index contributed by atoms with van der Waals surface area (Å²) in [6.45, 7) is 1.03. The lowest BCUT2D eigenvalue weighted by molar-refractivity contribution is -0.139. The molecule has 4 nitrogen and oxygen atoms in total. The van der Waals surface area contributed by atoms with Gasteiger partial charge in [-0.15, -0.1) is 0 Å². The summed E-state index contributed by atoms with van der Waals surface area (Å²) in [4.78, 5) is 10.6. The molecule has 1 aliphatic rings. The summed E-state index contributed by atoms with van der Waals surface area (Å²) in [5.74, 6) is 0.174. The maximum atomic E-state index is 11.0. The molecule has 82 valence electrons. The number of alkyl halides is 1. The van der Waals surface area contributed by atoms with E-state index < -0.39 is 0 Å². The largest absolute Gasteiger partial charge is 0.468 e. The van der Waals surface area contributed by atoms with Crippen molar-refractivity contribution in [2.24, 2.45) is 5.92 Å². The lowest BCUT2D eigenvalue weighted by Gasteiger charge is -2.12. The molecule has 0 heterocycles. The van der Waals surface area contributed by atoms with Gasteiger partial charge in [0.15, 0.2) is 0 Å². The Morgan fingerprint density at radius 2 is 2.29 bits per heavy atom. The van der Waals surface area contributed by atoms with Gasteiger partial charge in [-0.25, -0.2) is 0 Å². The van der Waals surface area contributed by atoms with Crippen LogP contribution in [-0.4, -0.2) is 42.2 Å². The van der Waals surface area contributed by atoms with Gasteiger partial charge in [-0.3, -0.25) is 4.79 Å². The number of methoxy groups -OCH3 is 1. The highest BCUT2D eigenvalue weighted by Gasteiger charge is 2.29. The van der Waals surface area contributed by atoms with Crippen molar-refractivity contribution in [3.8, 4) is 0 Å². The van der Waals surface area contributed by atoms with Crippen LogP contribution < -0.4 is 5.32 Å². The number of nitrogens with one attached hydrogen (secondary N) is 1. The van der Waals surface area contributed by atoms with Crippen LogP contribution in [0.3, 0.4) is 0 Å². The summed E-state index contributed by atoms with van der Waals surface area (Å²) in [6.07, 6.45) is 1.97. The van der Waals surface area contributed by atoms with E-state index in [4.69, 9.17) is 0 Å². The molecule has 2 N–H and O–H groups in total. The molecule has 2 atom stereocenters. The predicted molar refractivity (Wildman–Crippen MR) is 56.3 cm³/mol. The molecule has 5 heteroatoms. The van der Waals surface area contributed by atoms with Crippen LogP contribution in [0.1, 0.15) is 12.8 Å². The third-order valence-corrected chi connectivity index (χ3v) is 3.00. The Balaban J connectivity index is 2.04. The fourth-order valence-corrected chi connectivity index (χ4v) is 1.63. The van der Waals surface area contributed by atoms with Gasteiger partial charge in [-0.05, 0) is 18.8 Å². The maximum Gasteiger partial charge on any atom is 0.320 e. The van der Waals surface area contributed by atoms with E-state index in [9.17, 15) is 9.90 Å². The van der Waals surface area contributed by atoms with E-state index in [1.54, 1.807) is 0 Å². The topological polar surface area (TPSA) is 58.6 Å². The highest BCUT2D eigenvalue weighted by molar-refractivity contribution is 9.10. The number of rotatable bonds is 6. The van der Waals surface area contributed by atoms with Crippen molar-refractivity contribution < 1.29 is 14.6 Å². The zero-order chi connectivity index (χ0) is 10.6. The van der Waals surface area contributed by atoms with Gasteiger partial charge in [-0.1, -0.05) is 15.9 Å². The van der Waals surface area contributed by atoms with Gasteiger partial charge in [0.2, 0.25) is 0 Å². The second-order valence-corrected chi connectivity index (χ2v) is 4.66. The smallest absolute Gasteiger partial charge is 0.320 e. The van der Waals surface area contributed by atoms with Crippen molar-refractivity contribution in [3.63, 3.8) is 0 Å². The molecule has 0 spiro atoms. The van der Waals surface area contributed by atoms with E-state index in [-0.39, 0.29) is 16.9 Å². The Morgan fingerprint density at radius 1 is 1.64 bits per heavy atom. The van der Waals surface area contributed by atoms with Gasteiger partial charge in [0.25, 0.3) is 0 Å². The van der Waals surface area contributed by atoms with Gasteiger partial charge < -0.3 is 15.2 Å². The molecule has 1 rings (SSSR count). The first kappa shape index (κ1) is 11.9. The van der Waals surface area contributed by atoms with Crippen LogP contribution in [0, 0.1) is 5.92 Å². The number of esters is 1. The first-order valence-corrected chi connectivity index (χ1v) is 5.67. The second kappa shape index (κ2) is 5.68. The molecule has 1 aliphatic carbocycles. The van der Waals surface area contributed by atoms with Gasteiger partial charge in [0.1, 0.15) is 4.83 Å². The van der Waals surface area contributed by atoms with E-state index in [1.165, 1.54) is 7.11 Å². The van der Waals surface area contributed by atoms with Crippen molar-refractivity contribution in [2.45, 2.75) is 23.8 Å². The van der Waals surface area contributed by atoms with Gasteiger partial charge >= 0.3 is 5.97 Å². The Labute approximate surface area is 92.1 Å². The number of carbonyl (C=O) groups excluding carboxylic acids is 1. The van der Waals surface area contributed by atoms with Gasteiger partial charge in [-0.2, -0.15) is 0 Å². The van der Waals surface area contributed by atoms with Crippen LogP contribution >= 0.6 is 15.9 Å². The molecule has 0 amide bonds. The highest BCUT2D eigenvalue weighted by atomic mass is 79.9. The van der Waals surface area contributed by atoms with Crippen LogP contribution in [0.5, 0.6) is 0 Å². The summed E-state index contributed by atoms with van der Waals surface area (Å²) in [5, 5.41) is 12.5. The van der Waals surface area contributed by atoms with Crippen molar-refractivity contribution in [1.82, 2.24) is 5.32 Å². The SMILES string of the molecule is COC(=O)C(Br)CNCC(O)C1CC1. The van der Waals surface area contributed by atoms with Gasteiger partial charge in [0.05, 0.1) is 13.2 Å². The number of hydrogen-bond donors (Lipinski definition) is 2. The Morgan fingerprint density at radius 3 is 2.79 bits per heavy atom. The monoisotopic (exact) mass is 265 g/mol. The molecule has 1 saturated carbocycles. The third kappa shape index (κ3) is 3.94. The number of halogens is 1. The van der Waals surface area contributed by atoms with Crippen LogP contribution in [0.2, 0.25) is 0 Å². The minimum atomic E-state index is -0.334. The van der Waals surface area contributed by atoms with E-state index in [2.05, 4.69) is 26.0 Å². The molecule has 0 aromatic carbocycles. The van der Waals surface area contributed by atoms with Crippen LogP contribution in [0.4, 0.5) is 0 Å². The molecule has 0 bridgehead atoms. The average Bonchev–Trinajstić information content (AvgIpc) is 2.99. The number of aliphatic hydroxyl groups excluding tert-OH is 1. The minimum absolute atomic E-state index is 0.271. The Hall–Kier alpha value is -0.130. The summed E-state index contributed by atoms with van der Waals surface area (Å²) in [6, 6.07) is 0. The second-order valence-electron chi connectivity index (χ2n) is 3.55. The van der Waals surface area contributed by atoms with Crippen molar-refractivity contribution in [2.75, 3.05) is 20.2 Å². The predicted octanol–water partition coefficient (Wildman–Crippen LogP) is 0.283. The van der Waals surface area contributed by atoms with E-state index in [0.29, 0.717) is 19.0 Å². The summed E-state index contributed by atoms with van der Waals surface area (Å²) in [7, 11) is 1.36. The molecule has 0 radical (unpaired) electrons. The lowest BCUT2D eigenvalue weighted by Crippen LogP contribution is -2.35. The first-order chi connectivity index (χ1) is 6.65.